The fraction of sp³-hybridized carbons (Fsp3) is 0.0667. The van der Waals surface area contributed by atoms with Crippen molar-refractivity contribution in [3.8, 4) is 11.4 Å². The fourth-order valence-corrected chi connectivity index (χ4v) is 2.41. The zero-order valence-corrected chi connectivity index (χ0v) is 12.7. The highest BCUT2D eigenvalue weighted by Crippen LogP contribution is 2.23. The second kappa shape index (κ2) is 5.97. The van der Waals surface area contributed by atoms with Crippen LogP contribution in [-0.4, -0.2) is 19.9 Å². The predicted molar refractivity (Wildman–Crippen MR) is 84.5 cm³/mol. The molecule has 0 aliphatic carbocycles. The molecule has 2 aromatic carbocycles. The normalized spacial score (nSPS) is 10.5. The largest absolute Gasteiger partial charge is 0.508 e. The second-order valence-electron chi connectivity index (χ2n) is 4.55. The smallest absolute Gasteiger partial charge is 0.123 e. The number of hydrogen-bond acceptors (Lipinski definition) is 4. The van der Waals surface area contributed by atoms with Crippen molar-refractivity contribution in [1.29, 1.82) is 0 Å². The van der Waals surface area contributed by atoms with Crippen LogP contribution >= 0.6 is 15.9 Å². The maximum Gasteiger partial charge on any atom is 0.123 e. The third-order valence-corrected chi connectivity index (χ3v) is 3.58. The molecule has 21 heavy (non-hydrogen) atoms. The number of aromatic nitrogens is 3. The highest BCUT2D eigenvalue weighted by molar-refractivity contribution is 9.10. The van der Waals surface area contributed by atoms with Gasteiger partial charge in [-0.05, 0) is 36.4 Å². The summed E-state index contributed by atoms with van der Waals surface area (Å²) in [6.45, 7) is 0.539. The number of nitrogens with one attached hydrogen (secondary N) is 1. The lowest BCUT2D eigenvalue weighted by Gasteiger charge is -2.10. The Labute approximate surface area is 130 Å². The number of benzene rings is 2. The molecule has 0 bridgehead atoms. The molecule has 6 heteroatoms. The Kier molecular flexibility index (Phi) is 3.87. The van der Waals surface area contributed by atoms with Crippen molar-refractivity contribution in [1.82, 2.24) is 14.8 Å². The summed E-state index contributed by atoms with van der Waals surface area (Å²) in [5.41, 5.74) is 2.77. The molecule has 0 saturated heterocycles. The SMILES string of the molecule is Oc1ccc(Br)cc1CNc1cccc(-n2cnnc2)c1. The molecule has 2 N–H and O–H groups in total. The molecule has 0 spiro atoms. The van der Waals surface area contributed by atoms with Crippen LogP contribution in [0.25, 0.3) is 5.69 Å². The minimum Gasteiger partial charge on any atom is -0.508 e. The van der Waals surface area contributed by atoms with Crippen LogP contribution in [0.5, 0.6) is 5.75 Å². The van der Waals surface area contributed by atoms with Crippen LogP contribution in [0.15, 0.2) is 59.6 Å². The van der Waals surface area contributed by atoms with E-state index in [9.17, 15) is 5.11 Å². The summed E-state index contributed by atoms with van der Waals surface area (Å²) in [6.07, 6.45) is 3.30. The molecule has 0 unspecified atom stereocenters. The lowest BCUT2D eigenvalue weighted by Crippen LogP contribution is -2.00. The monoisotopic (exact) mass is 344 g/mol. The summed E-state index contributed by atoms with van der Waals surface area (Å²) in [6, 6.07) is 13.3. The first-order valence-corrected chi connectivity index (χ1v) is 7.18. The molecular formula is C15H13BrN4O. The van der Waals surface area contributed by atoms with Crippen molar-refractivity contribution in [2.24, 2.45) is 0 Å². The van der Waals surface area contributed by atoms with Crippen molar-refractivity contribution in [3.63, 3.8) is 0 Å². The predicted octanol–water partition coefficient (Wildman–Crippen LogP) is 3.35. The quantitative estimate of drug-likeness (QED) is 0.761. The van der Waals surface area contributed by atoms with Crippen LogP contribution in [0.1, 0.15) is 5.56 Å². The number of nitrogens with zero attached hydrogens (tertiary/aromatic N) is 3. The van der Waals surface area contributed by atoms with Crippen molar-refractivity contribution in [2.75, 3.05) is 5.32 Å². The summed E-state index contributed by atoms with van der Waals surface area (Å²) < 4.78 is 2.78. The van der Waals surface area contributed by atoms with Gasteiger partial charge < -0.3 is 10.4 Å². The van der Waals surface area contributed by atoms with E-state index in [0.29, 0.717) is 6.54 Å². The Hall–Kier alpha value is -2.34. The van der Waals surface area contributed by atoms with E-state index in [1.54, 1.807) is 18.7 Å². The van der Waals surface area contributed by atoms with Crippen LogP contribution in [-0.2, 0) is 6.54 Å². The van der Waals surface area contributed by atoms with Gasteiger partial charge in [-0.25, -0.2) is 0 Å². The van der Waals surface area contributed by atoms with Crippen molar-refractivity contribution in [2.45, 2.75) is 6.54 Å². The number of phenols is 1. The standard InChI is InChI=1S/C15H13BrN4O/c16-12-4-5-15(21)11(6-12)8-17-13-2-1-3-14(7-13)20-9-18-19-10-20/h1-7,9-10,17,21H,8H2. The fourth-order valence-electron chi connectivity index (χ4n) is 2.00. The molecule has 1 heterocycles. The van der Waals surface area contributed by atoms with Crippen LogP contribution in [0.3, 0.4) is 0 Å². The molecule has 0 atom stereocenters. The highest BCUT2D eigenvalue weighted by atomic mass is 79.9. The molecule has 1 aromatic heterocycles. The average molecular weight is 345 g/mol. The maximum absolute atomic E-state index is 9.84. The Morgan fingerprint density at radius 2 is 1.90 bits per heavy atom. The van der Waals surface area contributed by atoms with E-state index in [1.165, 1.54) is 0 Å². The third kappa shape index (κ3) is 3.22. The molecule has 5 nitrogen and oxygen atoms in total. The van der Waals surface area contributed by atoms with Crippen molar-refractivity contribution >= 4 is 21.6 Å². The molecule has 0 amide bonds. The van der Waals surface area contributed by atoms with Gasteiger partial charge in [0.05, 0.1) is 5.69 Å². The lowest BCUT2D eigenvalue weighted by molar-refractivity contribution is 0.469. The minimum absolute atomic E-state index is 0.278. The van der Waals surface area contributed by atoms with Gasteiger partial charge in [-0.15, -0.1) is 10.2 Å². The van der Waals surface area contributed by atoms with E-state index in [2.05, 4.69) is 31.4 Å². The van der Waals surface area contributed by atoms with Crippen molar-refractivity contribution < 1.29 is 5.11 Å². The molecule has 3 aromatic rings. The average Bonchev–Trinajstić information content (AvgIpc) is 3.03. The Balaban J connectivity index is 1.76. The summed E-state index contributed by atoms with van der Waals surface area (Å²) in [4.78, 5) is 0. The zero-order chi connectivity index (χ0) is 14.7. The Morgan fingerprint density at radius 3 is 2.71 bits per heavy atom. The minimum atomic E-state index is 0.278. The number of hydrogen-bond donors (Lipinski definition) is 2. The molecule has 0 saturated carbocycles. The first-order chi connectivity index (χ1) is 10.2. The Morgan fingerprint density at radius 1 is 1.10 bits per heavy atom. The van der Waals surface area contributed by atoms with Crippen LogP contribution < -0.4 is 5.32 Å². The van der Waals surface area contributed by atoms with Gasteiger partial charge in [0, 0.05) is 22.3 Å². The Bertz CT molecular complexity index is 743. The molecule has 0 radical (unpaired) electrons. The molecule has 0 fully saturated rings. The number of rotatable bonds is 4. The van der Waals surface area contributed by atoms with Gasteiger partial charge in [-0.3, -0.25) is 4.57 Å². The molecule has 0 aliphatic heterocycles. The maximum atomic E-state index is 9.84. The van der Waals surface area contributed by atoms with Crippen LogP contribution in [0.2, 0.25) is 0 Å². The molecule has 0 aliphatic rings. The summed E-state index contributed by atoms with van der Waals surface area (Å²) in [5.74, 6) is 0.278. The topological polar surface area (TPSA) is 63.0 Å². The number of halogens is 1. The van der Waals surface area contributed by atoms with E-state index >= 15 is 0 Å². The zero-order valence-electron chi connectivity index (χ0n) is 11.1. The number of aromatic hydroxyl groups is 1. The van der Waals surface area contributed by atoms with Gasteiger partial charge in [-0.2, -0.15) is 0 Å². The van der Waals surface area contributed by atoms with E-state index < -0.39 is 0 Å². The van der Waals surface area contributed by atoms with Gasteiger partial charge in [0.25, 0.3) is 0 Å². The first kappa shape index (κ1) is 13.6. The first-order valence-electron chi connectivity index (χ1n) is 6.39. The van der Waals surface area contributed by atoms with Gasteiger partial charge >= 0.3 is 0 Å². The number of phenolic OH excluding ortho intramolecular Hbond substituents is 1. The summed E-state index contributed by atoms with van der Waals surface area (Å²) in [7, 11) is 0. The molecular weight excluding hydrogens is 332 g/mol. The summed E-state index contributed by atoms with van der Waals surface area (Å²) in [5, 5.41) is 20.7. The second-order valence-corrected chi connectivity index (χ2v) is 5.46. The molecule has 106 valence electrons. The lowest BCUT2D eigenvalue weighted by atomic mass is 10.2. The number of anilines is 1. The van der Waals surface area contributed by atoms with Gasteiger partial charge in [0.2, 0.25) is 0 Å². The van der Waals surface area contributed by atoms with Gasteiger partial charge in [0.1, 0.15) is 18.4 Å². The highest BCUT2D eigenvalue weighted by Gasteiger charge is 2.03. The van der Waals surface area contributed by atoms with E-state index in [4.69, 9.17) is 0 Å². The molecule has 3 rings (SSSR count). The van der Waals surface area contributed by atoms with E-state index in [1.807, 2.05) is 41.0 Å². The van der Waals surface area contributed by atoms with Gasteiger partial charge in [-0.1, -0.05) is 22.0 Å². The van der Waals surface area contributed by atoms with Crippen molar-refractivity contribution in [3.05, 3.63) is 65.2 Å². The van der Waals surface area contributed by atoms with Crippen LogP contribution in [0, 0.1) is 0 Å². The van der Waals surface area contributed by atoms with Gasteiger partial charge in [0.15, 0.2) is 0 Å². The van der Waals surface area contributed by atoms with E-state index in [-0.39, 0.29) is 5.75 Å². The summed E-state index contributed by atoms with van der Waals surface area (Å²) >= 11 is 3.40. The van der Waals surface area contributed by atoms with Crippen LogP contribution in [0.4, 0.5) is 5.69 Å². The third-order valence-electron chi connectivity index (χ3n) is 3.09. The van der Waals surface area contributed by atoms with E-state index in [0.717, 1.165) is 21.4 Å².